The topological polar surface area (TPSA) is 42.4 Å². The molecule has 0 saturated carbocycles. The number of ether oxygens (including phenoxy) is 1. The van der Waals surface area contributed by atoms with Crippen LogP contribution in [0.1, 0.15) is 31.9 Å². The number of aliphatic hydroxyl groups is 1. The maximum absolute atomic E-state index is 12.9. The van der Waals surface area contributed by atoms with Gasteiger partial charge in [-0.05, 0) is 44.5 Å². The summed E-state index contributed by atoms with van der Waals surface area (Å²) in [6, 6.07) is 7.91. The molecule has 1 N–H and O–H groups in total. The van der Waals surface area contributed by atoms with Gasteiger partial charge in [-0.2, -0.15) is 0 Å². The lowest BCUT2D eigenvalue weighted by Crippen LogP contribution is -2.24. The van der Waals surface area contributed by atoms with Gasteiger partial charge in [0.25, 0.3) is 0 Å². The third kappa shape index (κ3) is 4.26. The van der Waals surface area contributed by atoms with E-state index in [9.17, 15) is 9.50 Å². The van der Waals surface area contributed by atoms with Gasteiger partial charge in [0.05, 0.1) is 17.9 Å². The predicted molar refractivity (Wildman–Crippen MR) is 79.7 cm³/mol. The number of aromatic nitrogens is 1. The molecule has 1 atom stereocenters. The van der Waals surface area contributed by atoms with E-state index in [2.05, 4.69) is 4.98 Å². The van der Waals surface area contributed by atoms with E-state index in [1.165, 1.54) is 12.1 Å². The molecule has 0 bridgehead atoms. The van der Waals surface area contributed by atoms with Crippen LogP contribution in [-0.2, 0) is 12.0 Å². The Morgan fingerprint density at radius 1 is 1.24 bits per heavy atom. The number of rotatable bonds is 5. The Hall–Kier alpha value is -1.94. The van der Waals surface area contributed by atoms with Gasteiger partial charge in [-0.3, -0.25) is 4.98 Å². The molecule has 1 aromatic heterocycles. The summed E-state index contributed by atoms with van der Waals surface area (Å²) in [7, 11) is 0. The van der Waals surface area contributed by atoms with Crippen LogP contribution in [0.2, 0.25) is 0 Å². The molecule has 0 saturated heterocycles. The molecule has 0 radical (unpaired) electrons. The van der Waals surface area contributed by atoms with E-state index in [-0.39, 0.29) is 11.9 Å². The molecule has 2 aromatic rings. The van der Waals surface area contributed by atoms with E-state index >= 15 is 0 Å². The molecule has 0 aliphatic rings. The van der Waals surface area contributed by atoms with Crippen LogP contribution in [0.4, 0.5) is 4.39 Å². The lowest BCUT2D eigenvalue weighted by molar-refractivity contribution is 0.0568. The summed E-state index contributed by atoms with van der Waals surface area (Å²) < 4.78 is 18.5. The Morgan fingerprint density at radius 3 is 2.52 bits per heavy atom. The first kappa shape index (κ1) is 15.4. The zero-order chi connectivity index (χ0) is 15.5. The molecule has 0 amide bonds. The van der Waals surface area contributed by atoms with Crippen molar-refractivity contribution in [2.24, 2.45) is 0 Å². The fraction of sp³-hybridized carbons (Fsp3) is 0.353. The minimum absolute atomic E-state index is 0.0455. The number of pyridine rings is 1. The first-order valence-corrected chi connectivity index (χ1v) is 6.96. The monoisotopic (exact) mass is 289 g/mol. The lowest BCUT2D eigenvalue weighted by atomic mass is 9.90. The van der Waals surface area contributed by atoms with Gasteiger partial charge in [-0.15, -0.1) is 0 Å². The average molecular weight is 289 g/mol. The van der Waals surface area contributed by atoms with E-state index in [0.717, 1.165) is 5.56 Å². The maximum atomic E-state index is 12.9. The van der Waals surface area contributed by atoms with Gasteiger partial charge < -0.3 is 9.84 Å². The minimum Gasteiger partial charge on any atom is -0.489 e. The van der Waals surface area contributed by atoms with Crippen LogP contribution in [-0.4, -0.2) is 16.2 Å². The van der Waals surface area contributed by atoms with Gasteiger partial charge in [0.2, 0.25) is 0 Å². The second kappa shape index (κ2) is 6.22. The van der Waals surface area contributed by atoms with Crippen molar-refractivity contribution in [3.63, 3.8) is 0 Å². The van der Waals surface area contributed by atoms with Crippen molar-refractivity contribution in [1.82, 2.24) is 4.98 Å². The second-order valence-electron chi connectivity index (χ2n) is 5.65. The highest BCUT2D eigenvalue weighted by atomic mass is 19.1. The third-order valence-electron chi connectivity index (χ3n) is 3.17. The Labute approximate surface area is 124 Å². The number of benzene rings is 1. The fourth-order valence-corrected chi connectivity index (χ4v) is 2.15. The van der Waals surface area contributed by atoms with Gasteiger partial charge in [-0.25, -0.2) is 4.39 Å². The summed E-state index contributed by atoms with van der Waals surface area (Å²) in [5.41, 5.74) is 0.433. The molecule has 1 unspecified atom stereocenters. The Kier molecular flexibility index (Phi) is 4.58. The van der Waals surface area contributed by atoms with Crippen LogP contribution < -0.4 is 4.74 Å². The van der Waals surface area contributed by atoms with E-state index in [1.807, 2.05) is 13.8 Å². The highest BCUT2D eigenvalue weighted by Gasteiger charge is 2.24. The van der Waals surface area contributed by atoms with Crippen molar-refractivity contribution in [1.29, 1.82) is 0 Å². The molecule has 2 rings (SSSR count). The molecule has 3 nitrogen and oxygen atoms in total. The number of hydrogen-bond acceptors (Lipinski definition) is 3. The SMILES string of the molecule is CC(C)Oc1cncc(C(C)(O)Cc2ccc(F)cc2)c1. The Bertz CT molecular complexity index is 594. The minimum atomic E-state index is -1.10. The van der Waals surface area contributed by atoms with E-state index in [1.54, 1.807) is 37.5 Å². The van der Waals surface area contributed by atoms with E-state index in [4.69, 9.17) is 4.74 Å². The summed E-state index contributed by atoms with van der Waals surface area (Å²) in [6.07, 6.45) is 3.66. The number of nitrogens with zero attached hydrogens (tertiary/aromatic N) is 1. The Morgan fingerprint density at radius 2 is 1.90 bits per heavy atom. The van der Waals surface area contributed by atoms with Crippen molar-refractivity contribution >= 4 is 0 Å². The van der Waals surface area contributed by atoms with Crippen LogP contribution in [0.25, 0.3) is 0 Å². The molecule has 1 heterocycles. The van der Waals surface area contributed by atoms with Gasteiger partial charge >= 0.3 is 0 Å². The first-order valence-electron chi connectivity index (χ1n) is 6.96. The van der Waals surface area contributed by atoms with Gasteiger partial charge in [0.1, 0.15) is 11.6 Å². The fourth-order valence-electron chi connectivity index (χ4n) is 2.15. The molecule has 112 valence electrons. The smallest absolute Gasteiger partial charge is 0.138 e. The average Bonchev–Trinajstić information content (AvgIpc) is 2.41. The molecule has 21 heavy (non-hydrogen) atoms. The quantitative estimate of drug-likeness (QED) is 0.916. The highest BCUT2D eigenvalue weighted by Crippen LogP contribution is 2.27. The summed E-state index contributed by atoms with van der Waals surface area (Å²) in [5.74, 6) is 0.342. The molecular formula is C17H20FNO2. The summed E-state index contributed by atoms with van der Waals surface area (Å²) >= 11 is 0. The van der Waals surface area contributed by atoms with E-state index in [0.29, 0.717) is 17.7 Å². The molecule has 0 spiro atoms. The van der Waals surface area contributed by atoms with E-state index < -0.39 is 5.60 Å². The van der Waals surface area contributed by atoms with Crippen molar-refractivity contribution < 1.29 is 14.2 Å². The molecule has 0 fully saturated rings. The second-order valence-corrected chi connectivity index (χ2v) is 5.65. The van der Waals surface area contributed by atoms with Crippen LogP contribution >= 0.6 is 0 Å². The van der Waals surface area contributed by atoms with Gasteiger partial charge in [-0.1, -0.05) is 12.1 Å². The zero-order valence-electron chi connectivity index (χ0n) is 12.5. The maximum Gasteiger partial charge on any atom is 0.138 e. The summed E-state index contributed by atoms with van der Waals surface area (Å²) in [6.45, 7) is 5.58. The van der Waals surface area contributed by atoms with Gasteiger partial charge in [0.15, 0.2) is 0 Å². The standard InChI is InChI=1S/C17H20FNO2/c1-12(2)21-16-8-14(10-19-11-16)17(3,20)9-13-4-6-15(18)7-5-13/h4-8,10-12,20H,9H2,1-3H3. The lowest BCUT2D eigenvalue weighted by Gasteiger charge is -2.24. The van der Waals surface area contributed by atoms with Crippen molar-refractivity contribution in [3.8, 4) is 5.75 Å². The third-order valence-corrected chi connectivity index (χ3v) is 3.17. The van der Waals surface area contributed by atoms with Crippen LogP contribution in [0.3, 0.4) is 0 Å². The predicted octanol–water partition coefficient (Wildman–Crippen LogP) is 3.46. The van der Waals surface area contributed by atoms with Crippen molar-refractivity contribution in [3.05, 3.63) is 59.7 Å². The Balaban J connectivity index is 2.20. The van der Waals surface area contributed by atoms with Crippen LogP contribution in [0, 0.1) is 5.82 Å². The van der Waals surface area contributed by atoms with Crippen molar-refractivity contribution in [2.75, 3.05) is 0 Å². The summed E-state index contributed by atoms with van der Waals surface area (Å²) in [4.78, 5) is 4.11. The normalized spacial score (nSPS) is 14.0. The highest BCUT2D eigenvalue weighted by molar-refractivity contribution is 5.30. The van der Waals surface area contributed by atoms with Crippen LogP contribution in [0.5, 0.6) is 5.75 Å². The van der Waals surface area contributed by atoms with Crippen molar-refractivity contribution in [2.45, 2.75) is 38.9 Å². The largest absolute Gasteiger partial charge is 0.489 e. The molecule has 0 aliphatic heterocycles. The first-order chi connectivity index (χ1) is 9.87. The number of halogens is 1. The number of hydrogen-bond donors (Lipinski definition) is 1. The molecular weight excluding hydrogens is 269 g/mol. The molecule has 4 heteroatoms. The van der Waals surface area contributed by atoms with Gasteiger partial charge in [0, 0.05) is 18.2 Å². The molecule has 1 aromatic carbocycles. The summed E-state index contributed by atoms with van der Waals surface area (Å²) in [5, 5.41) is 10.7. The molecule has 0 aliphatic carbocycles. The zero-order valence-corrected chi connectivity index (χ0v) is 12.5. The van der Waals surface area contributed by atoms with Crippen LogP contribution in [0.15, 0.2) is 42.7 Å².